The lowest BCUT2D eigenvalue weighted by Gasteiger charge is -2.34. The summed E-state index contributed by atoms with van der Waals surface area (Å²) in [5.41, 5.74) is 1.37. The highest BCUT2D eigenvalue weighted by Gasteiger charge is 2.44. The predicted octanol–water partition coefficient (Wildman–Crippen LogP) is 1.37. The molecule has 1 atom stereocenters. The number of nitrogens with one attached hydrogen (secondary N) is 1. The lowest BCUT2D eigenvalue weighted by Crippen LogP contribution is -2.48. The number of fused-ring (bicyclic) bond motifs is 1. The van der Waals surface area contributed by atoms with Gasteiger partial charge in [-0.3, -0.25) is 19.3 Å². The van der Waals surface area contributed by atoms with Crippen LogP contribution < -0.4 is 10.2 Å². The van der Waals surface area contributed by atoms with Crippen LogP contribution in [0.3, 0.4) is 0 Å². The van der Waals surface area contributed by atoms with Gasteiger partial charge < -0.3 is 20.1 Å². The Balaban J connectivity index is 1.84. The molecule has 30 heavy (non-hydrogen) atoms. The Labute approximate surface area is 176 Å². The summed E-state index contributed by atoms with van der Waals surface area (Å²) >= 11 is 0. The van der Waals surface area contributed by atoms with Crippen molar-refractivity contribution in [3.63, 3.8) is 0 Å². The first-order valence-electron chi connectivity index (χ1n) is 10.5. The molecule has 1 aromatic rings. The molecule has 1 fully saturated rings. The summed E-state index contributed by atoms with van der Waals surface area (Å²) in [7, 11) is 1.45. The van der Waals surface area contributed by atoms with E-state index >= 15 is 0 Å². The molecule has 2 heterocycles. The van der Waals surface area contributed by atoms with Gasteiger partial charge in [-0.15, -0.1) is 0 Å². The van der Waals surface area contributed by atoms with E-state index in [2.05, 4.69) is 10.2 Å². The van der Waals surface area contributed by atoms with Crippen molar-refractivity contribution in [2.75, 3.05) is 31.6 Å². The zero-order valence-corrected chi connectivity index (χ0v) is 17.3. The summed E-state index contributed by atoms with van der Waals surface area (Å²) in [6.07, 6.45) is 4.59. The van der Waals surface area contributed by atoms with Crippen molar-refractivity contribution >= 4 is 29.7 Å². The van der Waals surface area contributed by atoms with E-state index in [9.17, 15) is 19.2 Å². The van der Waals surface area contributed by atoms with Crippen molar-refractivity contribution in [2.45, 2.75) is 44.6 Å². The third-order valence-electron chi connectivity index (χ3n) is 6.07. The van der Waals surface area contributed by atoms with Crippen molar-refractivity contribution in [3.05, 3.63) is 29.3 Å². The molecular weight excluding hydrogens is 386 g/mol. The van der Waals surface area contributed by atoms with Gasteiger partial charge in [0.15, 0.2) is 0 Å². The number of benzene rings is 1. The molecule has 0 spiro atoms. The van der Waals surface area contributed by atoms with E-state index in [1.54, 1.807) is 12.1 Å². The van der Waals surface area contributed by atoms with Crippen molar-refractivity contribution in [1.29, 1.82) is 0 Å². The number of carbonyl (C=O) groups is 4. The van der Waals surface area contributed by atoms with Crippen LogP contribution in [0, 0.1) is 5.92 Å². The van der Waals surface area contributed by atoms with Crippen LogP contribution in [0.2, 0.25) is 0 Å². The molecule has 3 amide bonds. The summed E-state index contributed by atoms with van der Waals surface area (Å²) in [6.45, 7) is 1.76. The molecule has 1 aromatic carbocycles. The quantitative estimate of drug-likeness (QED) is 0.466. The number of amides is 3. The van der Waals surface area contributed by atoms with Gasteiger partial charge in [-0.05, 0) is 50.2 Å². The highest BCUT2D eigenvalue weighted by molar-refractivity contribution is 6.25. The van der Waals surface area contributed by atoms with E-state index < -0.39 is 23.8 Å². The number of hydrogen-bond acceptors (Lipinski definition) is 6. The summed E-state index contributed by atoms with van der Waals surface area (Å²) in [6, 6.07) is 4.22. The molecule has 1 unspecified atom stereocenters. The number of anilines is 1. The van der Waals surface area contributed by atoms with Crippen LogP contribution in [0.1, 0.15) is 59.2 Å². The van der Waals surface area contributed by atoms with Crippen LogP contribution in [0.25, 0.3) is 0 Å². The zero-order valence-electron chi connectivity index (χ0n) is 17.3. The van der Waals surface area contributed by atoms with Gasteiger partial charge in [-0.25, -0.2) is 0 Å². The summed E-state index contributed by atoms with van der Waals surface area (Å²) in [5.74, 6) is -0.876. The number of nitrogens with zero attached hydrogens (tertiary/aromatic N) is 2. The molecule has 0 aliphatic carbocycles. The van der Waals surface area contributed by atoms with Gasteiger partial charge in [0.2, 0.25) is 5.91 Å². The monoisotopic (exact) mass is 415 g/mol. The van der Waals surface area contributed by atoms with E-state index in [0.29, 0.717) is 23.3 Å². The Bertz CT molecular complexity index is 817. The first-order valence-corrected chi connectivity index (χ1v) is 10.5. The van der Waals surface area contributed by atoms with E-state index in [0.717, 1.165) is 49.4 Å². The molecule has 8 nitrogen and oxygen atoms in total. The maximum absolute atomic E-state index is 13.3. The number of aldehydes is 1. The van der Waals surface area contributed by atoms with Crippen LogP contribution in [-0.2, 0) is 9.59 Å². The van der Waals surface area contributed by atoms with E-state index in [1.807, 2.05) is 6.07 Å². The molecule has 2 aliphatic heterocycles. The van der Waals surface area contributed by atoms with Crippen molar-refractivity contribution < 1.29 is 24.3 Å². The average molecular weight is 415 g/mol. The smallest absolute Gasteiger partial charge is 0.264 e. The van der Waals surface area contributed by atoms with Gasteiger partial charge in [-0.1, -0.05) is 6.07 Å². The van der Waals surface area contributed by atoms with Crippen molar-refractivity contribution in [2.24, 2.45) is 5.92 Å². The molecule has 2 N–H and O–H groups in total. The maximum atomic E-state index is 13.3. The number of aliphatic hydroxyl groups is 1. The van der Waals surface area contributed by atoms with Crippen LogP contribution in [0.4, 0.5) is 5.69 Å². The van der Waals surface area contributed by atoms with Gasteiger partial charge in [0.25, 0.3) is 11.8 Å². The number of likely N-dealkylation sites (N-methyl/N-ethyl adjacent to an activating group) is 1. The summed E-state index contributed by atoms with van der Waals surface area (Å²) in [4.78, 5) is 52.6. The maximum Gasteiger partial charge on any atom is 0.264 e. The third-order valence-corrected chi connectivity index (χ3v) is 6.07. The molecule has 3 rings (SSSR count). The number of imide groups is 1. The molecule has 0 aromatic heterocycles. The SMILES string of the molecule is CNC(=O)C(CCC=O)N1C(=O)c2cccc(N3CCC(CCCO)CC3)c2C1=O. The lowest BCUT2D eigenvalue weighted by atomic mass is 9.91. The lowest BCUT2D eigenvalue weighted by molar-refractivity contribution is -0.124. The molecule has 8 heteroatoms. The van der Waals surface area contributed by atoms with Crippen LogP contribution in [0.5, 0.6) is 0 Å². The second-order valence-electron chi connectivity index (χ2n) is 7.85. The molecule has 0 radical (unpaired) electrons. The number of carbonyl (C=O) groups excluding carboxylic acids is 4. The standard InChI is InChI=1S/C22H29N3O5/c1-23-20(28)18(8-4-14-27)25-21(29)16-6-2-7-17(19(16)22(25)30)24-11-9-15(10-12-24)5-3-13-26/h2,6-7,14-15,18,26H,3-5,8-13H2,1H3,(H,23,28). The second-order valence-corrected chi connectivity index (χ2v) is 7.85. The Morgan fingerprint density at radius 3 is 2.63 bits per heavy atom. The van der Waals surface area contributed by atoms with Gasteiger partial charge >= 0.3 is 0 Å². The molecule has 0 bridgehead atoms. The van der Waals surface area contributed by atoms with Gasteiger partial charge in [0, 0.05) is 33.2 Å². The van der Waals surface area contributed by atoms with Gasteiger partial charge in [0.05, 0.1) is 16.8 Å². The van der Waals surface area contributed by atoms with Crippen LogP contribution >= 0.6 is 0 Å². The Hall–Kier alpha value is -2.74. The Morgan fingerprint density at radius 2 is 2.00 bits per heavy atom. The minimum atomic E-state index is -1.01. The predicted molar refractivity (Wildman–Crippen MR) is 111 cm³/mol. The first-order chi connectivity index (χ1) is 14.5. The van der Waals surface area contributed by atoms with Gasteiger partial charge in [0.1, 0.15) is 12.3 Å². The molecule has 162 valence electrons. The number of aliphatic hydroxyl groups excluding tert-OH is 1. The minimum absolute atomic E-state index is 0.0830. The topological polar surface area (TPSA) is 107 Å². The van der Waals surface area contributed by atoms with E-state index in [4.69, 9.17) is 5.11 Å². The number of rotatable bonds is 9. The summed E-state index contributed by atoms with van der Waals surface area (Å²) in [5, 5.41) is 11.5. The summed E-state index contributed by atoms with van der Waals surface area (Å²) < 4.78 is 0. The second kappa shape index (κ2) is 9.84. The normalized spacial score (nSPS) is 17.8. The number of hydrogen-bond donors (Lipinski definition) is 2. The van der Waals surface area contributed by atoms with Crippen molar-refractivity contribution in [1.82, 2.24) is 10.2 Å². The fraction of sp³-hybridized carbons (Fsp3) is 0.545. The Morgan fingerprint density at radius 1 is 1.27 bits per heavy atom. The number of piperidine rings is 1. The molecule has 1 saturated heterocycles. The minimum Gasteiger partial charge on any atom is -0.396 e. The van der Waals surface area contributed by atoms with Crippen LogP contribution in [0.15, 0.2) is 18.2 Å². The zero-order chi connectivity index (χ0) is 21.7. The highest BCUT2D eigenvalue weighted by Crippen LogP contribution is 2.35. The van der Waals surface area contributed by atoms with Gasteiger partial charge in [-0.2, -0.15) is 0 Å². The van der Waals surface area contributed by atoms with Crippen molar-refractivity contribution in [3.8, 4) is 0 Å². The molecule has 0 saturated carbocycles. The average Bonchev–Trinajstić information content (AvgIpc) is 3.03. The van der Waals surface area contributed by atoms with E-state index in [-0.39, 0.29) is 19.4 Å². The molecular formula is C22H29N3O5. The first kappa shape index (κ1) is 22.0. The fourth-order valence-corrected chi connectivity index (χ4v) is 4.44. The van der Waals surface area contributed by atoms with Crippen LogP contribution in [-0.4, -0.2) is 66.8 Å². The Kier molecular flexibility index (Phi) is 7.20. The third kappa shape index (κ3) is 4.23. The fourth-order valence-electron chi connectivity index (χ4n) is 4.44. The largest absolute Gasteiger partial charge is 0.396 e. The van der Waals surface area contributed by atoms with E-state index in [1.165, 1.54) is 7.05 Å². The highest BCUT2D eigenvalue weighted by atomic mass is 16.3. The molecule has 2 aliphatic rings.